The average molecular weight is 501 g/mol. The van der Waals surface area contributed by atoms with Crippen molar-refractivity contribution in [1.82, 2.24) is 9.78 Å². The van der Waals surface area contributed by atoms with E-state index in [1.807, 2.05) is 30.3 Å². The maximum absolute atomic E-state index is 14.0. The summed E-state index contributed by atoms with van der Waals surface area (Å²) in [6.45, 7) is 0. The molecule has 0 unspecified atom stereocenters. The minimum atomic E-state index is -4.60. The highest BCUT2D eigenvalue weighted by atomic mass is 35.5. The van der Waals surface area contributed by atoms with Crippen LogP contribution >= 0.6 is 11.6 Å². The molecule has 1 amide bonds. The first kappa shape index (κ1) is 23.0. The van der Waals surface area contributed by atoms with E-state index in [9.17, 15) is 18.0 Å². The first-order valence-corrected chi connectivity index (χ1v) is 11.2. The van der Waals surface area contributed by atoms with Gasteiger partial charge in [0.05, 0.1) is 13.2 Å². The quantitative estimate of drug-likeness (QED) is 0.331. The molecular weight excluding hydrogens is 481 g/mol. The normalized spacial score (nSPS) is 17.5. The number of hydrogen-bond donors (Lipinski definition) is 2. The van der Waals surface area contributed by atoms with E-state index in [2.05, 4.69) is 15.7 Å². The molecule has 180 valence electrons. The van der Waals surface area contributed by atoms with Crippen molar-refractivity contribution in [2.45, 2.75) is 24.7 Å². The topological polar surface area (TPSA) is 68.2 Å². The first-order valence-electron chi connectivity index (χ1n) is 10.8. The Hall–Kier alpha value is -3.72. The maximum Gasteiger partial charge on any atom is 0.410 e. The van der Waals surface area contributed by atoms with Crippen LogP contribution in [0.25, 0.3) is 10.8 Å². The second kappa shape index (κ2) is 8.81. The number of anilines is 2. The van der Waals surface area contributed by atoms with Gasteiger partial charge in [0, 0.05) is 17.5 Å². The molecule has 1 aliphatic rings. The van der Waals surface area contributed by atoms with Crippen LogP contribution in [0.4, 0.5) is 24.7 Å². The molecule has 2 heterocycles. The number of ether oxygens (including phenoxy) is 1. The van der Waals surface area contributed by atoms with Gasteiger partial charge in [0.15, 0.2) is 11.7 Å². The summed E-state index contributed by atoms with van der Waals surface area (Å²) in [5.41, 5.74) is 0.851. The Bertz CT molecular complexity index is 1400. The fraction of sp³-hybridized carbons (Fsp3) is 0.200. The highest BCUT2D eigenvalue weighted by Crippen LogP contribution is 2.46. The van der Waals surface area contributed by atoms with Crippen molar-refractivity contribution in [3.8, 4) is 5.75 Å². The molecule has 3 aromatic carbocycles. The summed E-state index contributed by atoms with van der Waals surface area (Å²) in [6, 6.07) is 16.9. The summed E-state index contributed by atoms with van der Waals surface area (Å²) in [7, 11) is 1.51. The number of amides is 1. The van der Waals surface area contributed by atoms with Crippen LogP contribution in [0.3, 0.4) is 0 Å². The molecule has 0 fully saturated rings. The summed E-state index contributed by atoms with van der Waals surface area (Å²) >= 11 is 6.44. The van der Waals surface area contributed by atoms with Crippen molar-refractivity contribution in [2.75, 3.05) is 17.7 Å². The number of carbonyl (C=O) groups excluding carboxylic acids is 1. The van der Waals surface area contributed by atoms with Crippen LogP contribution in [0.5, 0.6) is 5.75 Å². The van der Waals surface area contributed by atoms with E-state index in [1.165, 1.54) is 7.11 Å². The fourth-order valence-electron chi connectivity index (χ4n) is 4.31. The monoisotopic (exact) mass is 500 g/mol. The Morgan fingerprint density at radius 1 is 1.11 bits per heavy atom. The molecule has 10 heteroatoms. The number of aromatic nitrogens is 2. The number of alkyl halides is 3. The Labute approximate surface area is 203 Å². The highest BCUT2D eigenvalue weighted by molar-refractivity contribution is 6.36. The SMILES string of the molecule is COc1ccc([C@@H]2C[C@@H](C(F)(F)F)n3nc(C(=O)Nc4cccc5ccccc45)c(Cl)c3N2)cc1. The van der Waals surface area contributed by atoms with Gasteiger partial charge in [-0.15, -0.1) is 0 Å². The maximum atomic E-state index is 14.0. The van der Waals surface area contributed by atoms with Gasteiger partial charge in [-0.05, 0) is 29.1 Å². The molecular formula is C25H20ClF3N4O2. The van der Waals surface area contributed by atoms with Gasteiger partial charge in [0.25, 0.3) is 5.91 Å². The molecule has 2 N–H and O–H groups in total. The molecule has 1 aromatic heterocycles. The Balaban J connectivity index is 1.50. The largest absolute Gasteiger partial charge is 0.497 e. The number of rotatable bonds is 4. The van der Waals surface area contributed by atoms with Crippen LogP contribution in [0.15, 0.2) is 66.7 Å². The van der Waals surface area contributed by atoms with Crippen molar-refractivity contribution in [3.05, 3.63) is 83.0 Å². The van der Waals surface area contributed by atoms with Gasteiger partial charge in [0.1, 0.15) is 16.6 Å². The molecule has 0 saturated carbocycles. The van der Waals surface area contributed by atoms with Crippen LogP contribution in [-0.4, -0.2) is 29.0 Å². The standard InChI is InChI=1S/C25H20ClF3N4O2/c1-35-16-11-9-15(10-12-16)19-13-20(25(27,28)29)33-23(30-19)21(26)22(32-33)24(34)31-18-8-4-6-14-5-2-3-7-17(14)18/h2-12,19-20,30H,13H2,1H3,(H,31,34)/t19-,20-/m0/s1. The van der Waals surface area contributed by atoms with E-state index >= 15 is 0 Å². The van der Waals surface area contributed by atoms with Gasteiger partial charge in [-0.3, -0.25) is 4.79 Å². The molecule has 35 heavy (non-hydrogen) atoms. The third-order valence-corrected chi connectivity index (χ3v) is 6.42. The summed E-state index contributed by atoms with van der Waals surface area (Å²) in [6.07, 6.45) is -4.91. The van der Waals surface area contributed by atoms with Crippen molar-refractivity contribution in [1.29, 1.82) is 0 Å². The van der Waals surface area contributed by atoms with Gasteiger partial charge in [0.2, 0.25) is 0 Å². The number of fused-ring (bicyclic) bond motifs is 2. The lowest BCUT2D eigenvalue weighted by Crippen LogP contribution is -2.35. The lowest BCUT2D eigenvalue weighted by Gasteiger charge is -2.33. The molecule has 0 spiro atoms. The summed E-state index contributed by atoms with van der Waals surface area (Å²) in [4.78, 5) is 13.1. The second-order valence-electron chi connectivity index (χ2n) is 8.20. The summed E-state index contributed by atoms with van der Waals surface area (Å²) < 4.78 is 48.0. The van der Waals surface area contributed by atoms with Crippen LogP contribution < -0.4 is 15.4 Å². The van der Waals surface area contributed by atoms with Gasteiger partial charge >= 0.3 is 6.18 Å². The lowest BCUT2D eigenvalue weighted by atomic mass is 9.97. The van der Waals surface area contributed by atoms with Gasteiger partial charge in [-0.2, -0.15) is 18.3 Å². The minimum absolute atomic E-state index is 0.0517. The van der Waals surface area contributed by atoms with Crippen LogP contribution in [0, 0.1) is 0 Å². The Morgan fingerprint density at radius 3 is 2.54 bits per heavy atom. The Kier molecular flexibility index (Phi) is 5.80. The molecule has 2 atom stereocenters. The van der Waals surface area contributed by atoms with E-state index in [0.717, 1.165) is 15.5 Å². The molecule has 0 bridgehead atoms. The van der Waals surface area contributed by atoms with Crippen LogP contribution in [0.2, 0.25) is 5.02 Å². The number of nitrogens with zero attached hydrogens (tertiary/aromatic N) is 2. The second-order valence-corrected chi connectivity index (χ2v) is 8.58. The predicted octanol–water partition coefficient (Wildman–Crippen LogP) is 6.61. The van der Waals surface area contributed by atoms with E-state index in [-0.39, 0.29) is 23.0 Å². The first-order chi connectivity index (χ1) is 16.8. The van der Waals surface area contributed by atoms with Gasteiger partial charge in [-0.1, -0.05) is 60.1 Å². The van der Waals surface area contributed by atoms with E-state index < -0.39 is 24.2 Å². The third-order valence-electron chi connectivity index (χ3n) is 6.07. The minimum Gasteiger partial charge on any atom is -0.497 e. The number of methoxy groups -OCH3 is 1. The van der Waals surface area contributed by atoms with Crippen LogP contribution in [0.1, 0.15) is 34.6 Å². The smallest absolute Gasteiger partial charge is 0.410 e. The number of benzene rings is 3. The molecule has 0 aliphatic carbocycles. The highest BCUT2D eigenvalue weighted by Gasteiger charge is 2.47. The molecule has 0 radical (unpaired) electrons. The zero-order valence-electron chi connectivity index (χ0n) is 18.4. The van der Waals surface area contributed by atoms with Gasteiger partial charge in [-0.25, -0.2) is 4.68 Å². The summed E-state index contributed by atoms with van der Waals surface area (Å²) in [5.74, 6) is -0.159. The number of nitrogens with one attached hydrogen (secondary N) is 2. The predicted molar refractivity (Wildman–Crippen MR) is 128 cm³/mol. The zero-order chi connectivity index (χ0) is 24.7. The zero-order valence-corrected chi connectivity index (χ0v) is 19.2. The molecule has 1 aliphatic heterocycles. The van der Waals surface area contributed by atoms with Crippen molar-refractivity contribution < 1.29 is 22.7 Å². The third kappa shape index (κ3) is 4.27. The summed E-state index contributed by atoms with van der Waals surface area (Å²) in [5, 5.41) is 11.3. The van der Waals surface area contributed by atoms with Gasteiger partial charge < -0.3 is 15.4 Å². The van der Waals surface area contributed by atoms with Crippen molar-refractivity contribution in [2.24, 2.45) is 0 Å². The molecule has 6 nitrogen and oxygen atoms in total. The fourth-order valence-corrected chi connectivity index (χ4v) is 4.57. The Morgan fingerprint density at radius 2 is 1.83 bits per heavy atom. The van der Waals surface area contributed by atoms with E-state index in [0.29, 0.717) is 17.0 Å². The number of carbonyl (C=O) groups is 1. The van der Waals surface area contributed by atoms with Crippen molar-refractivity contribution >= 4 is 39.8 Å². The molecule has 0 saturated heterocycles. The number of hydrogen-bond acceptors (Lipinski definition) is 4. The molecule has 5 rings (SSSR count). The van der Waals surface area contributed by atoms with Crippen molar-refractivity contribution in [3.63, 3.8) is 0 Å². The number of halogens is 4. The van der Waals surface area contributed by atoms with E-state index in [1.54, 1.807) is 36.4 Å². The van der Waals surface area contributed by atoms with Crippen LogP contribution in [-0.2, 0) is 0 Å². The lowest BCUT2D eigenvalue weighted by molar-refractivity contribution is -0.173. The van der Waals surface area contributed by atoms with E-state index in [4.69, 9.17) is 16.3 Å². The average Bonchev–Trinajstić information content (AvgIpc) is 3.19. The molecule has 4 aromatic rings.